The SMILES string of the molecule is CNC(=O)CNC(=S)NCCSc1ccccc1. The zero-order valence-electron chi connectivity index (χ0n) is 10.2. The van der Waals surface area contributed by atoms with Gasteiger partial charge >= 0.3 is 0 Å². The van der Waals surface area contributed by atoms with Crippen molar-refractivity contribution in [1.82, 2.24) is 16.0 Å². The molecule has 0 heterocycles. The first-order chi connectivity index (χ1) is 8.72. The fourth-order valence-corrected chi connectivity index (χ4v) is 2.13. The van der Waals surface area contributed by atoms with E-state index in [-0.39, 0.29) is 12.5 Å². The monoisotopic (exact) mass is 283 g/mol. The number of likely N-dealkylation sites (N-methyl/N-ethyl adjacent to an activating group) is 1. The minimum Gasteiger partial charge on any atom is -0.362 e. The molecule has 98 valence electrons. The summed E-state index contributed by atoms with van der Waals surface area (Å²) in [4.78, 5) is 12.2. The smallest absolute Gasteiger partial charge is 0.239 e. The summed E-state index contributed by atoms with van der Waals surface area (Å²) in [5, 5.41) is 8.91. The number of rotatable bonds is 6. The van der Waals surface area contributed by atoms with Gasteiger partial charge in [0.25, 0.3) is 0 Å². The quantitative estimate of drug-likeness (QED) is 0.413. The molecule has 0 aliphatic rings. The van der Waals surface area contributed by atoms with E-state index in [1.807, 2.05) is 18.2 Å². The van der Waals surface area contributed by atoms with Gasteiger partial charge in [0.05, 0.1) is 6.54 Å². The zero-order valence-corrected chi connectivity index (χ0v) is 11.9. The Kier molecular flexibility index (Phi) is 7.20. The molecule has 1 rings (SSSR count). The molecular formula is C12H17N3OS2. The first kappa shape index (κ1) is 14.8. The van der Waals surface area contributed by atoms with Gasteiger partial charge in [0, 0.05) is 24.2 Å². The van der Waals surface area contributed by atoms with Gasteiger partial charge in [-0.2, -0.15) is 0 Å². The Bertz CT molecular complexity index is 384. The van der Waals surface area contributed by atoms with Crippen LogP contribution in [0.25, 0.3) is 0 Å². The number of amides is 1. The normalized spacial score (nSPS) is 9.61. The number of carbonyl (C=O) groups is 1. The highest BCUT2D eigenvalue weighted by Gasteiger charge is 1.99. The highest BCUT2D eigenvalue weighted by molar-refractivity contribution is 7.99. The van der Waals surface area contributed by atoms with Crippen LogP contribution in [0.2, 0.25) is 0 Å². The van der Waals surface area contributed by atoms with Gasteiger partial charge in [-0.3, -0.25) is 4.79 Å². The lowest BCUT2D eigenvalue weighted by Crippen LogP contribution is -2.41. The van der Waals surface area contributed by atoms with E-state index in [1.54, 1.807) is 18.8 Å². The molecule has 3 N–H and O–H groups in total. The summed E-state index contributed by atoms with van der Waals surface area (Å²) >= 11 is 6.80. The minimum atomic E-state index is -0.0854. The van der Waals surface area contributed by atoms with E-state index in [0.717, 1.165) is 12.3 Å². The number of nitrogens with one attached hydrogen (secondary N) is 3. The average molecular weight is 283 g/mol. The molecule has 6 heteroatoms. The van der Waals surface area contributed by atoms with Crippen molar-refractivity contribution in [3.05, 3.63) is 30.3 Å². The summed E-state index contributed by atoms with van der Waals surface area (Å²) in [5.74, 6) is 0.837. The molecule has 1 aromatic rings. The Balaban J connectivity index is 2.07. The van der Waals surface area contributed by atoms with Crippen LogP contribution in [0.3, 0.4) is 0 Å². The molecule has 18 heavy (non-hydrogen) atoms. The van der Waals surface area contributed by atoms with E-state index >= 15 is 0 Å². The van der Waals surface area contributed by atoms with E-state index in [9.17, 15) is 4.79 Å². The van der Waals surface area contributed by atoms with Crippen molar-refractivity contribution in [3.8, 4) is 0 Å². The largest absolute Gasteiger partial charge is 0.362 e. The maximum atomic E-state index is 11.0. The molecule has 0 aromatic heterocycles. The molecule has 4 nitrogen and oxygen atoms in total. The third-order valence-corrected chi connectivity index (χ3v) is 3.39. The lowest BCUT2D eigenvalue weighted by Gasteiger charge is -2.09. The van der Waals surface area contributed by atoms with Crippen LogP contribution < -0.4 is 16.0 Å². The fraction of sp³-hybridized carbons (Fsp3) is 0.333. The minimum absolute atomic E-state index is 0.0854. The number of benzene rings is 1. The Morgan fingerprint density at radius 3 is 2.67 bits per heavy atom. The summed E-state index contributed by atoms with van der Waals surface area (Å²) in [5.41, 5.74) is 0. The van der Waals surface area contributed by atoms with Gasteiger partial charge in [-0.05, 0) is 24.4 Å². The van der Waals surface area contributed by atoms with Crippen LogP contribution in [0.15, 0.2) is 35.2 Å². The summed E-state index contributed by atoms with van der Waals surface area (Å²) in [6, 6.07) is 10.2. The number of thiocarbonyl (C=S) groups is 1. The predicted octanol–water partition coefficient (Wildman–Crippen LogP) is 0.989. The van der Waals surface area contributed by atoms with E-state index in [4.69, 9.17) is 12.2 Å². The number of hydrogen-bond donors (Lipinski definition) is 3. The van der Waals surface area contributed by atoms with Crippen LogP contribution >= 0.6 is 24.0 Å². The van der Waals surface area contributed by atoms with Crippen LogP contribution in [0.4, 0.5) is 0 Å². The second-order valence-corrected chi connectivity index (χ2v) is 5.02. The van der Waals surface area contributed by atoms with E-state index in [0.29, 0.717) is 5.11 Å². The first-order valence-electron chi connectivity index (χ1n) is 5.62. The fourth-order valence-electron chi connectivity index (χ4n) is 1.16. The average Bonchev–Trinajstić information content (AvgIpc) is 2.42. The second kappa shape index (κ2) is 8.77. The zero-order chi connectivity index (χ0) is 13.2. The number of thioether (sulfide) groups is 1. The van der Waals surface area contributed by atoms with Gasteiger partial charge in [0.2, 0.25) is 5.91 Å². The second-order valence-electron chi connectivity index (χ2n) is 3.44. The van der Waals surface area contributed by atoms with Gasteiger partial charge in [0.1, 0.15) is 0 Å². The molecule has 0 fully saturated rings. The van der Waals surface area contributed by atoms with Gasteiger partial charge in [-0.25, -0.2) is 0 Å². The highest BCUT2D eigenvalue weighted by atomic mass is 32.2. The van der Waals surface area contributed by atoms with Gasteiger partial charge in [-0.1, -0.05) is 18.2 Å². The number of carbonyl (C=O) groups excluding carboxylic acids is 1. The van der Waals surface area contributed by atoms with Crippen molar-refractivity contribution in [2.75, 3.05) is 25.9 Å². The first-order valence-corrected chi connectivity index (χ1v) is 7.02. The van der Waals surface area contributed by atoms with Gasteiger partial charge in [-0.15, -0.1) is 11.8 Å². The maximum Gasteiger partial charge on any atom is 0.239 e. The molecule has 1 aromatic carbocycles. The highest BCUT2D eigenvalue weighted by Crippen LogP contribution is 2.15. The topological polar surface area (TPSA) is 53.2 Å². The molecule has 0 unspecified atom stereocenters. The van der Waals surface area contributed by atoms with Crippen molar-refractivity contribution in [2.45, 2.75) is 4.90 Å². The Labute approximate surface area is 117 Å². The van der Waals surface area contributed by atoms with Gasteiger partial charge < -0.3 is 16.0 Å². The Morgan fingerprint density at radius 2 is 2.00 bits per heavy atom. The van der Waals surface area contributed by atoms with Crippen LogP contribution in [0.5, 0.6) is 0 Å². The van der Waals surface area contributed by atoms with Crippen LogP contribution in [-0.2, 0) is 4.79 Å². The van der Waals surface area contributed by atoms with Crippen LogP contribution in [-0.4, -0.2) is 36.9 Å². The molecule has 0 bridgehead atoms. The molecule has 0 aliphatic heterocycles. The van der Waals surface area contributed by atoms with Crippen LogP contribution in [0, 0.1) is 0 Å². The van der Waals surface area contributed by atoms with Crippen molar-refractivity contribution in [3.63, 3.8) is 0 Å². The van der Waals surface area contributed by atoms with Crippen molar-refractivity contribution in [2.24, 2.45) is 0 Å². The number of hydrogen-bond acceptors (Lipinski definition) is 3. The predicted molar refractivity (Wildman–Crippen MR) is 79.8 cm³/mol. The lowest BCUT2D eigenvalue weighted by atomic mass is 10.4. The van der Waals surface area contributed by atoms with E-state index < -0.39 is 0 Å². The summed E-state index contributed by atoms with van der Waals surface area (Å²) in [7, 11) is 1.59. The standard InChI is InChI=1S/C12H17N3OS2/c1-13-11(16)9-15-12(17)14-7-8-18-10-5-3-2-4-6-10/h2-6H,7-9H2,1H3,(H,13,16)(H2,14,15,17). The van der Waals surface area contributed by atoms with Crippen molar-refractivity contribution >= 4 is 35.0 Å². The van der Waals surface area contributed by atoms with Crippen molar-refractivity contribution < 1.29 is 4.79 Å². The Hall–Kier alpha value is -1.27. The third kappa shape index (κ3) is 6.46. The van der Waals surface area contributed by atoms with Crippen LogP contribution in [0.1, 0.15) is 0 Å². The van der Waals surface area contributed by atoms with Gasteiger partial charge in [0.15, 0.2) is 5.11 Å². The molecule has 0 aliphatic carbocycles. The van der Waals surface area contributed by atoms with Crippen molar-refractivity contribution in [1.29, 1.82) is 0 Å². The summed E-state index contributed by atoms with van der Waals surface area (Å²) in [6.07, 6.45) is 0. The van der Waals surface area contributed by atoms with E-state index in [1.165, 1.54) is 4.90 Å². The molecule has 0 saturated heterocycles. The molecule has 1 amide bonds. The molecule has 0 atom stereocenters. The maximum absolute atomic E-state index is 11.0. The summed E-state index contributed by atoms with van der Waals surface area (Å²) < 4.78 is 0. The van der Waals surface area contributed by atoms with E-state index in [2.05, 4.69) is 28.1 Å². The third-order valence-electron chi connectivity index (χ3n) is 2.09. The molecule has 0 radical (unpaired) electrons. The molecular weight excluding hydrogens is 266 g/mol. The lowest BCUT2D eigenvalue weighted by molar-refractivity contribution is -0.119. The molecule has 0 spiro atoms. The summed E-state index contributed by atoms with van der Waals surface area (Å²) in [6.45, 7) is 0.966. The Morgan fingerprint density at radius 1 is 1.28 bits per heavy atom. The molecule has 0 saturated carbocycles.